The SMILES string of the molecule is CCNC(=NCCCOCC1CCOC1)NCCN1CCN(c2ncccn2)CC1.I. The van der Waals surface area contributed by atoms with E-state index in [1.807, 2.05) is 6.07 Å². The highest BCUT2D eigenvalue weighted by Crippen LogP contribution is 2.12. The highest BCUT2D eigenvalue weighted by molar-refractivity contribution is 14.0. The highest BCUT2D eigenvalue weighted by atomic mass is 127. The van der Waals surface area contributed by atoms with Crippen LogP contribution in [0.5, 0.6) is 0 Å². The van der Waals surface area contributed by atoms with E-state index in [-0.39, 0.29) is 24.0 Å². The average molecular weight is 547 g/mol. The molecule has 176 valence electrons. The van der Waals surface area contributed by atoms with Crippen LogP contribution >= 0.6 is 24.0 Å². The maximum absolute atomic E-state index is 5.75. The van der Waals surface area contributed by atoms with E-state index in [0.717, 1.165) is 104 Å². The molecule has 1 aromatic heterocycles. The molecule has 2 saturated heterocycles. The number of halogens is 1. The van der Waals surface area contributed by atoms with Crippen molar-refractivity contribution < 1.29 is 9.47 Å². The standard InChI is InChI=1S/C21H37N7O2.HI/c1-2-22-20(23-8-4-15-29-17-19-5-16-30-18-19)24-9-10-27-11-13-28(14-12-27)21-25-6-3-7-26-21;/h3,6-7,19H,2,4-5,8-18H2,1H3,(H2,22,23,24);1H. The van der Waals surface area contributed by atoms with Crippen molar-refractivity contribution in [1.82, 2.24) is 25.5 Å². The quantitative estimate of drug-likeness (QED) is 0.185. The molecule has 2 aliphatic rings. The van der Waals surface area contributed by atoms with Crippen molar-refractivity contribution in [1.29, 1.82) is 0 Å². The van der Waals surface area contributed by atoms with E-state index in [1.54, 1.807) is 12.4 Å². The highest BCUT2D eigenvalue weighted by Gasteiger charge is 2.18. The number of aromatic nitrogens is 2. The number of rotatable bonds is 11. The normalized spacial score (nSPS) is 19.8. The third kappa shape index (κ3) is 9.84. The second-order valence-electron chi connectivity index (χ2n) is 7.72. The zero-order valence-electron chi connectivity index (χ0n) is 18.7. The summed E-state index contributed by atoms with van der Waals surface area (Å²) in [6.45, 7) is 12.9. The number of hydrogen-bond donors (Lipinski definition) is 2. The van der Waals surface area contributed by atoms with Crippen LogP contribution in [0.4, 0.5) is 5.95 Å². The lowest BCUT2D eigenvalue weighted by atomic mass is 10.1. The van der Waals surface area contributed by atoms with E-state index in [0.29, 0.717) is 5.92 Å². The van der Waals surface area contributed by atoms with Gasteiger partial charge in [-0.25, -0.2) is 9.97 Å². The summed E-state index contributed by atoms with van der Waals surface area (Å²) in [5.41, 5.74) is 0. The predicted molar refractivity (Wildman–Crippen MR) is 134 cm³/mol. The van der Waals surface area contributed by atoms with Crippen molar-refractivity contribution in [2.75, 3.05) is 83.7 Å². The van der Waals surface area contributed by atoms with Crippen molar-refractivity contribution in [3.8, 4) is 0 Å². The van der Waals surface area contributed by atoms with Crippen LogP contribution in [0.1, 0.15) is 19.8 Å². The molecule has 2 fully saturated rings. The molecule has 0 bridgehead atoms. The van der Waals surface area contributed by atoms with E-state index < -0.39 is 0 Å². The zero-order chi connectivity index (χ0) is 20.9. The van der Waals surface area contributed by atoms with Crippen LogP contribution in [0.2, 0.25) is 0 Å². The molecule has 3 rings (SSSR count). The third-order valence-electron chi connectivity index (χ3n) is 5.37. The second-order valence-corrected chi connectivity index (χ2v) is 7.72. The molecule has 0 aromatic carbocycles. The molecule has 0 saturated carbocycles. The van der Waals surface area contributed by atoms with Crippen molar-refractivity contribution in [3.63, 3.8) is 0 Å². The molecular formula is C21H38IN7O2. The Bertz CT molecular complexity index is 609. The largest absolute Gasteiger partial charge is 0.381 e. The summed E-state index contributed by atoms with van der Waals surface area (Å²) in [5, 5.41) is 6.77. The summed E-state index contributed by atoms with van der Waals surface area (Å²) in [6.07, 6.45) is 5.67. The van der Waals surface area contributed by atoms with Gasteiger partial charge in [0, 0.05) is 83.9 Å². The van der Waals surface area contributed by atoms with Gasteiger partial charge in [-0.1, -0.05) is 0 Å². The Hall–Kier alpha value is -1.24. The minimum atomic E-state index is 0. The van der Waals surface area contributed by atoms with E-state index in [9.17, 15) is 0 Å². The van der Waals surface area contributed by atoms with Gasteiger partial charge in [-0.15, -0.1) is 24.0 Å². The molecule has 3 heterocycles. The molecule has 0 amide bonds. The van der Waals surface area contributed by atoms with Crippen molar-refractivity contribution >= 4 is 35.9 Å². The van der Waals surface area contributed by atoms with Gasteiger partial charge in [-0.05, 0) is 25.8 Å². The molecule has 10 heteroatoms. The molecule has 0 aliphatic carbocycles. The number of anilines is 1. The van der Waals surface area contributed by atoms with Crippen LogP contribution in [-0.2, 0) is 9.47 Å². The fourth-order valence-electron chi connectivity index (χ4n) is 3.62. The Morgan fingerprint density at radius 3 is 2.74 bits per heavy atom. The van der Waals surface area contributed by atoms with Crippen LogP contribution in [0, 0.1) is 5.92 Å². The monoisotopic (exact) mass is 547 g/mol. The summed E-state index contributed by atoms with van der Waals surface area (Å²) in [7, 11) is 0. The topological polar surface area (TPSA) is 87.1 Å². The van der Waals surface area contributed by atoms with Gasteiger partial charge in [-0.2, -0.15) is 0 Å². The molecule has 1 unspecified atom stereocenters. The van der Waals surface area contributed by atoms with Crippen LogP contribution in [0.15, 0.2) is 23.5 Å². The molecule has 2 aliphatic heterocycles. The summed E-state index contributed by atoms with van der Waals surface area (Å²) in [6, 6.07) is 1.85. The lowest BCUT2D eigenvalue weighted by Crippen LogP contribution is -2.49. The zero-order valence-corrected chi connectivity index (χ0v) is 21.0. The van der Waals surface area contributed by atoms with Gasteiger partial charge in [0.2, 0.25) is 5.95 Å². The Labute approximate surface area is 203 Å². The fourth-order valence-corrected chi connectivity index (χ4v) is 3.62. The van der Waals surface area contributed by atoms with E-state index in [1.165, 1.54) is 0 Å². The van der Waals surface area contributed by atoms with Gasteiger partial charge in [0.1, 0.15) is 0 Å². The first-order valence-electron chi connectivity index (χ1n) is 11.3. The molecule has 1 aromatic rings. The maximum Gasteiger partial charge on any atom is 0.225 e. The third-order valence-corrected chi connectivity index (χ3v) is 5.37. The number of ether oxygens (including phenoxy) is 2. The van der Waals surface area contributed by atoms with Gasteiger partial charge < -0.3 is 25.0 Å². The average Bonchev–Trinajstić information content (AvgIpc) is 3.31. The van der Waals surface area contributed by atoms with Crippen LogP contribution in [0.3, 0.4) is 0 Å². The van der Waals surface area contributed by atoms with E-state index in [2.05, 4.69) is 42.3 Å². The van der Waals surface area contributed by atoms with Crippen molar-refractivity contribution in [2.45, 2.75) is 19.8 Å². The predicted octanol–water partition coefficient (Wildman–Crippen LogP) is 1.21. The summed E-state index contributed by atoms with van der Waals surface area (Å²) in [5.74, 6) is 2.30. The van der Waals surface area contributed by atoms with Gasteiger partial charge in [-0.3, -0.25) is 9.89 Å². The van der Waals surface area contributed by atoms with Gasteiger partial charge in [0.05, 0.1) is 13.2 Å². The van der Waals surface area contributed by atoms with Crippen molar-refractivity contribution in [2.24, 2.45) is 10.9 Å². The van der Waals surface area contributed by atoms with Gasteiger partial charge in [0.25, 0.3) is 0 Å². The molecular weight excluding hydrogens is 509 g/mol. The van der Waals surface area contributed by atoms with Gasteiger partial charge in [0.15, 0.2) is 5.96 Å². The summed E-state index contributed by atoms with van der Waals surface area (Å²) >= 11 is 0. The minimum Gasteiger partial charge on any atom is -0.381 e. The molecule has 0 spiro atoms. The molecule has 0 radical (unpaired) electrons. The number of nitrogens with zero attached hydrogens (tertiary/aromatic N) is 5. The first-order chi connectivity index (χ1) is 14.8. The fraction of sp³-hybridized carbons (Fsp3) is 0.762. The Kier molecular flexibility index (Phi) is 13.0. The number of piperazine rings is 1. The minimum absolute atomic E-state index is 0. The van der Waals surface area contributed by atoms with Crippen LogP contribution < -0.4 is 15.5 Å². The smallest absolute Gasteiger partial charge is 0.225 e. The Morgan fingerprint density at radius 2 is 2.03 bits per heavy atom. The molecule has 1 atom stereocenters. The summed E-state index contributed by atoms with van der Waals surface area (Å²) < 4.78 is 11.1. The van der Waals surface area contributed by atoms with E-state index in [4.69, 9.17) is 9.47 Å². The van der Waals surface area contributed by atoms with E-state index >= 15 is 0 Å². The van der Waals surface area contributed by atoms with Crippen LogP contribution in [0.25, 0.3) is 0 Å². The number of aliphatic imine (C=N–C) groups is 1. The lowest BCUT2D eigenvalue weighted by Gasteiger charge is -2.34. The molecule has 31 heavy (non-hydrogen) atoms. The maximum atomic E-state index is 5.75. The number of hydrogen-bond acceptors (Lipinski definition) is 7. The Balaban J connectivity index is 0.00000341. The first-order valence-corrected chi connectivity index (χ1v) is 11.3. The molecule has 9 nitrogen and oxygen atoms in total. The van der Waals surface area contributed by atoms with Gasteiger partial charge >= 0.3 is 0 Å². The first kappa shape index (κ1) is 26.0. The van der Waals surface area contributed by atoms with Crippen molar-refractivity contribution in [3.05, 3.63) is 18.5 Å². The molecule has 2 N–H and O–H groups in total. The Morgan fingerprint density at radius 1 is 1.23 bits per heavy atom. The number of nitrogens with one attached hydrogen (secondary N) is 2. The van der Waals surface area contributed by atoms with Crippen LogP contribution in [-0.4, -0.2) is 99.6 Å². The summed E-state index contributed by atoms with van der Waals surface area (Å²) in [4.78, 5) is 18.1. The number of guanidine groups is 1. The lowest BCUT2D eigenvalue weighted by molar-refractivity contribution is 0.0893. The second kappa shape index (κ2) is 15.5.